The minimum absolute atomic E-state index is 0.0986. The molecule has 0 spiro atoms. The molecule has 2 atom stereocenters. The van der Waals surface area contributed by atoms with Crippen molar-refractivity contribution in [2.45, 2.75) is 45.3 Å². The van der Waals surface area contributed by atoms with Crippen LogP contribution in [0.25, 0.3) is 5.65 Å². The third kappa shape index (κ3) is 3.60. The van der Waals surface area contributed by atoms with E-state index >= 15 is 0 Å². The van der Waals surface area contributed by atoms with Gasteiger partial charge in [0.15, 0.2) is 5.65 Å². The Kier molecular flexibility index (Phi) is 5.16. The summed E-state index contributed by atoms with van der Waals surface area (Å²) in [5.41, 5.74) is 1.10. The van der Waals surface area contributed by atoms with E-state index in [1.54, 1.807) is 21.5 Å². The zero-order chi connectivity index (χ0) is 16.9. The maximum atomic E-state index is 12.1. The van der Waals surface area contributed by atoms with E-state index in [1.807, 2.05) is 0 Å². The number of nitriles is 1. The molecule has 1 amide bonds. The summed E-state index contributed by atoms with van der Waals surface area (Å²) in [6.07, 6.45) is 10.2. The molecule has 2 aromatic rings. The van der Waals surface area contributed by atoms with Gasteiger partial charge in [0, 0.05) is 18.9 Å². The fourth-order valence-electron chi connectivity index (χ4n) is 3.31. The van der Waals surface area contributed by atoms with Gasteiger partial charge in [-0.3, -0.25) is 4.79 Å². The fourth-order valence-corrected chi connectivity index (χ4v) is 3.31. The first-order chi connectivity index (χ1) is 11.7. The Balaban J connectivity index is 1.45. The van der Waals surface area contributed by atoms with Crippen LogP contribution in [-0.4, -0.2) is 39.3 Å². The quantitative estimate of drug-likeness (QED) is 0.818. The topological polar surface area (TPSA) is 84.3 Å². The minimum Gasteiger partial charge on any atom is -0.376 e. The normalized spacial score (nSPS) is 20.8. The van der Waals surface area contributed by atoms with E-state index in [0.717, 1.165) is 6.42 Å². The second-order valence-electron chi connectivity index (χ2n) is 6.39. The van der Waals surface area contributed by atoms with Crippen LogP contribution in [0.4, 0.5) is 0 Å². The van der Waals surface area contributed by atoms with Crippen LogP contribution in [0.5, 0.6) is 0 Å². The second kappa shape index (κ2) is 7.49. The number of nitrogens with zero attached hydrogens (tertiary/aromatic N) is 4. The number of carbonyl (C=O) groups is 1. The van der Waals surface area contributed by atoms with E-state index in [2.05, 4.69) is 23.4 Å². The number of amides is 1. The minimum atomic E-state index is -0.0986. The summed E-state index contributed by atoms with van der Waals surface area (Å²) in [6.45, 7) is 3.44. The smallest absolute Gasteiger partial charge is 0.240 e. The van der Waals surface area contributed by atoms with Crippen LogP contribution >= 0.6 is 0 Å². The number of hydrogen-bond donors (Lipinski definition) is 1. The summed E-state index contributed by atoms with van der Waals surface area (Å²) in [7, 11) is 0. The molecule has 0 radical (unpaired) electrons. The summed E-state index contributed by atoms with van der Waals surface area (Å²) in [6, 6.07) is 2.09. The maximum Gasteiger partial charge on any atom is 0.240 e. The number of carbonyl (C=O) groups excluding carboxylic acids is 1. The molecule has 0 aliphatic heterocycles. The van der Waals surface area contributed by atoms with Gasteiger partial charge in [0.2, 0.25) is 5.91 Å². The van der Waals surface area contributed by atoms with Crippen molar-refractivity contribution in [3.8, 4) is 6.07 Å². The summed E-state index contributed by atoms with van der Waals surface area (Å²) in [5.74, 6) is 0.507. The highest BCUT2D eigenvalue weighted by Crippen LogP contribution is 2.25. The zero-order valence-corrected chi connectivity index (χ0v) is 13.9. The van der Waals surface area contributed by atoms with E-state index in [-0.39, 0.29) is 12.5 Å². The molecule has 1 aliphatic rings. The van der Waals surface area contributed by atoms with Crippen molar-refractivity contribution in [3.63, 3.8) is 0 Å². The van der Waals surface area contributed by atoms with Crippen LogP contribution in [0.3, 0.4) is 0 Å². The van der Waals surface area contributed by atoms with Gasteiger partial charge in [-0.1, -0.05) is 19.8 Å². The number of hydrogen-bond acceptors (Lipinski definition) is 4. The number of nitrogens with one attached hydrogen (secondary N) is 1. The van der Waals surface area contributed by atoms with Gasteiger partial charge in [-0.25, -0.2) is 4.52 Å². The van der Waals surface area contributed by atoms with E-state index in [0.29, 0.717) is 36.4 Å². The van der Waals surface area contributed by atoms with Crippen LogP contribution in [-0.2, 0) is 16.1 Å². The van der Waals surface area contributed by atoms with Crippen molar-refractivity contribution in [1.82, 2.24) is 19.5 Å². The van der Waals surface area contributed by atoms with Crippen LogP contribution in [0.1, 0.15) is 38.2 Å². The molecule has 0 aromatic carbocycles. The lowest BCUT2D eigenvalue weighted by molar-refractivity contribution is -0.122. The van der Waals surface area contributed by atoms with Gasteiger partial charge in [0.05, 0.1) is 18.9 Å². The van der Waals surface area contributed by atoms with Gasteiger partial charge in [-0.15, -0.1) is 0 Å². The molecule has 0 saturated heterocycles. The first-order valence-electron chi connectivity index (χ1n) is 8.50. The molecule has 2 aromatic heterocycles. The molecule has 24 heavy (non-hydrogen) atoms. The lowest BCUT2D eigenvalue weighted by Gasteiger charge is -2.28. The van der Waals surface area contributed by atoms with Gasteiger partial charge in [-0.05, 0) is 18.8 Å². The first-order valence-corrected chi connectivity index (χ1v) is 8.50. The zero-order valence-electron chi connectivity index (χ0n) is 13.9. The van der Waals surface area contributed by atoms with E-state index in [9.17, 15) is 4.79 Å². The Morgan fingerprint density at radius 1 is 1.46 bits per heavy atom. The predicted molar refractivity (Wildman–Crippen MR) is 88.3 cm³/mol. The highest BCUT2D eigenvalue weighted by Gasteiger charge is 2.21. The van der Waals surface area contributed by atoms with Crippen LogP contribution in [0, 0.1) is 17.2 Å². The average molecular weight is 329 g/mol. The van der Waals surface area contributed by atoms with Crippen molar-refractivity contribution in [2.75, 3.05) is 13.2 Å². The number of fused-ring (bicyclic) bond motifs is 1. The Hall–Kier alpha value is -2.33. The van der Waals surface area contributed by atoms with Gasteiger partial charge < -0.3 is 14.6 Å². The Labute approximate surface area is 141 Å². The summed E-state index contributed by atoms with van der Waals surface area (Å²) < 4.78 is 9.22. The van der Waals surface area contributed by atoms with Gasteiger partial charge in [0.25, 0.3) is 0 Å². The molecular formula is C17H23N5O2. The lowest BCUT2D eigenvalue weighted by Crippen LogP contribution is -2.33. The van der Waals surface area contributed by atoms with E-state index in [1.165, 1.54) is 25.5 Å². The summed E-state index contributed by atoms with van der Waals surface area (Å²) in [4.78, 5) is 12.1. The van der Waals surface area contributed by atoms with Gasteiger partial charge in [-0.2, -0.15) is 10.4 Å². The van der Waals surface area contributed by atoms with Crippen LogP contribution < -0.4 is 5.32 Å². The molecule has 1 N–H and O–H groups in total. The molecule has 1 saturated carbocycles. The van der Waals surface area contributed by atoms with Crippen LogP contribution in [0.2, 0.25) is 0 Å². The standard InChI is InChI=1S/C17H23N5O2/c1-13-4-2-3-5-15(13)24-9-6-19-16(23)12-21-7-8-22-17(21)14(10-18)11-20-22/h7-8,11,13,15H,2-6,9,12H2,1H3,(H,19,23). The van der Waals surface area contributed by atoms with Crippen molar-refractivity contribution in [1.29, 1.82) is 5.26 Å². The molecule has 7 heteroatoms. The molecule has 7 nitrogen and oxygen atoms in total. The molecular weight excluding hydrogens is 306 g/mol. The fraction of sp³-hybridized carbons (Fsp3) is 0.588. The van der Waals surface area contributed by atoms with Crippen molar-refractivity contribution < 1.29 is 9.53 Å². The second-order valence-corrected chi connectivity index (χ2v) is 6.39. The lowest BCUT2D eigenvalue weighted by atomic mass is 9.88. The van der Waals surface area contributed by atoms with Gasteiger partial charge >= 0.3 is 0 Å². The first kappa shape index (κ1) is 16.5. The molecule has 3 rings (SSSR count). The number of rotatable bonds is 6. The highest BCUT2D eigenvalue weighted by atomic mass is 16.5. The molecule has 1 fully saturated rings. The largest absolute Gasteiger partial charge is 0.376 e. The molecule has 2 heterocycles. The SMILES string of the molecule is CC1CCCCC1OCCNC(=O)Cn1ccn2ncc(C#N)c12. The monoisotopic (exact) mass is 329 g/mol. The van der Waals surface area contributed by atoms with E-state index in [4.69, 9.17) is 10.00 Å². The third-order valence-corrected chi connectivity index (χ3v) is 4.65. The number of imidazole rings is 1. The Morgan fingerprint density at radius 2 is 2.29 bits per heavy atom. The number of aromatic nitrogens is 3. The Bertz CT molecular complexity index is 742. The average Bonchev–Trinajstić information content (AvgIpc) is 3.16. The molecule has 128 valence electrons. The predicted octanol–water partition coefficient (Wildman–Crippen LogP) is 1.72. The van der Waals surface area contributed by atoms with Crippen molar-refractivity contribution >= 4 is 11.6 Å². The maximum absolute atomic E-state index is 12.1. The molecule has 2 unspecified atom stereocenters. The highest BCUT2D eigenvalue weighted by molar-refractivity contribution is 5.76. The van der Waals surface area contributed by atoms with Crippen LogP contribution in [0.15, 0.2) is 18.6 Å². The molecule has 1 aliphatic carbocycles. The van der Waals surface area contributed by atoms with Crippen molar-refractivity contribution in [3.05, 3.63) is 24.2 Å². The van der Waals surface area contributed by atoms with Crippen molar-refractivity contribution in [2.24, 2.45) is 5.92 Å². The van der Waals surface area contributed by atoms with E-state index < -0.39 is 0 Å². The molecule has 0 bridgehead atoms. The Morgan fingerprint density at radius 3 is 3.08 bits per heavy atom. The third-order valence-electron chi connectivity index (χ3n) is 4.65. The number of ether oxygens (including phenoxy) is 1. The summed E-state index contributed by atoms with van der Waals surface area (Å²) >= 11 is 0. The van der Waals surface area contributed by atoms with Gasteiger partial charge in [0.1, 0.15) is 18.2 Å². The summed E-state index contributed by atoms with van der Waals surface area (Å²) in [5, 5.41) is 16.0.